The molecule has 0 radical (unpaired) electrons. The third kappa shape index (κ3) is 1.27. The Kier molecular flexibility index (Phi) is 1.92. The fourth-order valence-electron chi connectivity index (χ4n) is 2.29. The number of nitrogens with zero attached hydrogens (tertiary/aromatic N) is 1. The highest BCUT2D eigenvalue weighted by molar-refractivity contribution is 5.57. The van der Waals surface area contributed by atoms with Crippen molar-refractivity contribution >= 4 is 6.16 Å². The van der Waals surface area contributed by atoms with Gasteiger partial charge in [-0.25, -0.2) is 4.79 Å². The molecule has 0 amide bonds. The van der Waals surface area contributed by atoms with E-state index in [1.54, 1.807) is 0 Å². The highest BCUT2D eigenvalue weighted by Crippen LogP contribution is 2.32. The van der Waals surface area contributed by atoms with Gasteiger partial charge < -0.3 is 9.84 Å². The monoisotopic (exact) mass is 171 g/mol. The van der Waals surface area contributed by atoms with Gasteiger partial charge in [0.15, 0.2) is 6.23 Å². The number of hydrogen-bond acceptors (Lipinski definition) is 3. The summed E-state index contributed by atoms with van der Waals surface area (Å²) in [4.78, 5) is 12.5. The van der Waals surface area contributed by atoms with E-state index >= 15 is 0 Å². The number of carboxylic acid groups (broad SMARTS) is 1. The summed E-state index contributed by atoms with van der Waals surface area (Å²) in [6.07, 6.45) is 3.06. The second kappa shape index (κ2) is 2.94. The van der Waals surface area contributed by atoms with Gasteiger partial charge in [0.25, 0.3) is 0 Å². The summed E-state index contributed by atoms with van der Waals surface area (Å²) < 4.78 is 4.77. The summed E-state index contributed by atoms with van der Waals surface area (Å²) in [5, 5.41) is 8.44. The second-order valence-corrected chi connectivity index (χ2v) is 3.45. The van der Waals surface area contributed by atoms with Crippen LogP contribution in [-0.2, 0) is 4.74 Å². The van der Waals surface area contributed by atoms with E-state index in [1.807, 2.05) is 0 Å². The van der Waals surface area contributed by atoms with Gasteiger partial charge in [-0.2, -0.15) is 0 Å². The first-order chi connectivity index (χ1) is 5.77. The number of carbonyl (C=O) groups is 1. The lowest BCUT2D eigenvalue weighted by Gasteiger charge is -2.21. The molecule has 0 aliphatic carbocycles. The molecular formula is C8H13NO3. The van der Waals surface area contributed by atoms with Crippen LogP contribution >= 0.6 is 0 Å². The Balaban J connectivity index is 1.95. The molecule has 2 rings (SSSR count). The second-order valence-electron chi connectivity index (χ2n) is 3.45. The van der Waals surface area contributed by atoms with Crippen molar-refractivity contribution in [3.8, 4) is 0 Å². The third-order valence-corrected chi connectivity index (χ3v) is 2.78. The number of ether oxygens (including phenoxy) is 1. The largest absolute Gasteiger partial charge is 0.507 e. The predicted molar refractivity (Wildman–Crippen MR) is 41.9 cm³/mol. The summed E-state index contributed by atoms with van der Waals surface area (Å²) in [5.41, 5.74) is 0. The van der Waals surface area contributed by atoms with Crippen LogP contribution in [0.2, 0.25) is 0 Å². The third-order valence-electron chi connectivity index (χ3n) is 2.78. The average molecular weight is 171 g/mol. The van der Waals surface area contributed by atoms with Crippen molar-refractivity contribution in [1.82, 2.24) is 4.90 Å². The van der Waals surface area contributed by atoms with Crippen molar-refractivity contribution in [1.29, 1.82) is 0 Å². The van der Waals surface area contributed by atoms with E-state index < -0.39 is 6.16 Å². The van der Waals surface area contributed by atoms with Crippen molar-refractivity contribution in [3.63, 3.8) is 0 Å². The summed E-state index contributed by atoms with van der Waals surface area (Å²) in [6.45, 7) is 1.00. The Hall–Kier alpha value is -0.770. The Labute approximate surface area is 71.1 Å². The fourth-order valence-corrected chi connectivity index (χ4v) is 2.29. The van der Waals surface area contributed by atoms with Gasteiger partial charge in [-0.3, -0.25) is 4.90 Å². The zero-order valence-electron chi connectivity index (χ0n) is 6.90. The van der Waals surface area contributed by atoms with Gasteiger partial charge in [0.05, 0.1) is 0 Å². The van der Waals surface area contributed by atoms with E-state index in [1.165, 1.54) is 12.8 Å². The summed E-state index contributed by atoms with van der Waals surface area (Å²) in [7, 11) is 0. The molecule has 2 aliphatic rings. The molecule has 1 N–H and O–H groups in total. The molecular weight excluding hydrogens is 158 g/mol. The summed E-state index contributed by atoms with van der Waals surface area (Å²) in [5.74, 6) is 0. The Bertz CT molecular complexity index is 195. The van der Waals surface area contributed by atoms with Crippen LogP contribution in [0.4, 0.5) is 4.79 Å². The van der Waals surface area contributed by atoms with Crippen LogP contribution < -0.4 is 0 Å². The molecule has 0 aromatic carbocycles. The first-order valence-corrected chi connectivity index (χ1v) is 4.42. The van der Waals surface area contributed by atoms with Crippen LogP contribution in [0.5, 0.6) is 0 Å². The van der Waals surface area contributed by atoms with Crippen LogP contribution in [0.1, 0.15) is 25.7 Å². The molecule has 2 unspecified atom stereocenters. The molecule has 2 fully saturated rings. The predicted octanol–water partition coefficient (Wildman–Crippen LogP) is 1.27. The van der Waals surface area contributed by atoms with E-state index in [4.69, 9.17) is 9.84 Å². The highest BCUT2D eigenvalue weighted by atomic mass is 16.7. The van der Waals surface area contributed by atoms with Crippen molar-refractivity contribution in [2.75, 3.05) is 6.54 Å². The van der Waals surface area contributed by atoms with Gasteiger partial charge in [-0.15, -0.1) is 0 Å². The molecule has 4 nitrogen and oxygen atoms in total. The van der Waals surface area contributed by atoms with E-state index in [2.05, 4.69) is 4.90 Å². The first kappa shape index (κ1) is 7.86. The maximum absolute atomic E-state index is 10.3. The number of rotatable bonds is 1. The smallest absolute Gasteiger partial charge is 0.450 e. The van der Waals surface area contributed by atoms with Crippen molar-refractivity contribution in [2.24, 2.45) is 0 Å². The molecule has 0 aromatic heterocycles. The summed E-state index contributed by atoms with van der Waals surface area (Å²) >= 11 is 0. The zero-order chi connectivity index (χ0) is 8.55. The Morgan fingerprint density at radius 3 is 3.00 bits per heavy atom. The van der Waals surface area contributed by atoms with Gasteiger partial charge in [0.2, 0.25) is 0 Å². The SMILES string of the molecule is O=C(O)OC1CCC2CCCN21. The van der Waals surface area contributed by atoms with E-state index in [-0.39, 0.29) is 6.23 Å². The minimum Gasteiger partial charge on any atom is -0.450 e. The fraction of sp³-hybridized carbons (Fsp3) is 0.875. The van der Waals surface area contributed by atoms with Crippen LogP contribution in [0, 0.1) is 0 Å². The molecule has 2 heterocycles. The molecule has 4 heteroatoms. The van der Waals surface area contributed by atoms with Crippen LogP contribution in [0.25, 0.3) is 0 Å². The Morgan fingerprint density at radius 2 is 2.25 bits per heavy atom. The van der Waals surface area contributed by atoms with E-state index in [9.17, 15) is 4.79 Å². The maximum Gasteiger partial charge on any atom is 0.507 e. The van der Waals surface area contributed by atoms with E-state index in [0.29, 0.717) is 6.04 Å². The van der Waals surface area contributed by atoms with Crippen molar-refractivity contribution in [3.05, 3.63) is 0 Å². The molecule has 2 aliphatic heterocycles. The van der Waals surface area contributed by atoms with Gasteiger partial charge in [0.1, 0.15) is 0 Å². The van der Waals surface area contributed by atoms with Crippen LogP contribution in [-0.4, -0.2) is 35.0 Å². The maximum atomic E-state index is 10.3. The Morgan fingerprint density at radius 1 is 1.42 bits per heavy atom. The standard InChI is InChI=1S/C8H13NO3/c10-8(11)12-7-4-3-6-2-1-5-9(6)7/h6-7H,1-5H2,(H,10,11). The lowest BCUT2D eigenvalue weighted by atomic mass is 10.2. The van der Waals surface area contributed by atoms with Crippen LogP contribution in [0.3, 0.4) is 0 Å². The van der Waals surface area contributed by atoms with Gasteiger partial charge in [-0.05, 0) is 19.3 Å². The number of fused-ring (bicyclic) bond motifs is 1. The van der Waals surface area contributed by atoms with Crippen molar-refractivity contribution in [2.45, 2.75) is 38.0 Å². The highest BCUT2D eigenvalue weighted by Gasteiger charge is 2.38. The lowest BCUT2D eigenvalue weighted by molar-refractivity contribution is -0.0148. The molecule has 0 spiro atoms. The topological polar surface area (TPSA) is 49.8 Å². The normalized spacial score (nSPS) is 35.0. The molecule has 0 saturated carbocycles. The van der Waals surface area contributed by atoms with Gasteiger partial charge in [-0.1, -0.05) is 0 Å². The van der Waals surface area contributed by atoms with Crippen LogP contribution in [0.15, 0.2) is 0 Å². The van der Waals surface area contributed by atoms with E-state index in [0.717, 1.165) is 19.4 Å². The molecule has 68 valence electrons. The van der Waals surface area contributed by atoms with Gasteiger partial charge in [0, 0.05) is 19.0 Å². The molecule has 12 heavy (non-hydrogen) atoms. The lowest BCUT2D eigenvalue weighted by Crippen LogP contribution is -2.34. The first-order valence-electron chi connectivity index (χ1n) is 4.42. The summed E-state index contributed by atoms with van der Waals surface area (Å²) in [6, 6.07) is 0.592. The minimum atomic E-state index is -1.15. The molecule has 2 saturated heterocycles. The molecule has 0 aromatic rings. The molecule has 0 bridgehead atoms. The average Bonchev–Trinajstić information content (AvgIpc) is 2.52. The number of hydrogen-bond donors (Lipinski definition) is 1. The quantitative estimate of drug-likeness (QED) is 0.603. The van der Waals surface area contributed by atoms with Gasteiger partial charge >= 0.3 is 6.16 Å². The zero-order valence-corrected chi connectivity index (χ0v) is 6.90. The molecule has 2 atom stereocenters. The van der Waals surface area contributed by atoms with Crippen molar-refractivity contribution < 1.29 is 14.6 Å². The minimum absolute atomic E-state index is 0.157.